The second kappa shape index (κ2) is 6.23. The Bertz CT molecular complexity index is 642. The van der Waals surface area contributed by atoms with Gasteiger partial charge in [0.25, 0.3) is 11.6 Å². The lowest BCUT2D eigenvalue weighted by Gasteiger charge is -2.38. The fourth-order valence-corrected chi connectivity index (χ4v) is 2.26. The number of aromatic nitrogens is 1. The van der Waals surface area contributed by atoms with Crippen LogP contribution in [0.3, 0.4) is 0 Å². The number of amides is 1. The van der Waals surface area contributed by atoms with E-state index in [9.17, 15) is 33.2 Å². The van der Waals surface area contributed by atoms with Crippen LogP contribution < -0.4 is 4.90 Å². The molecule has 24 heavy (non-hydrogen) atoms. The fourth-order valence-electron chi connectivity index (χ4n) is 2.26. The molecule has 0 bridgehead atoms. The molecule has 1 amide bonds. The Morgan fingerprint density at radius 2 is 1.92 bits per heavy atom. The zero-order valence-corrected chi connectivity index (χ0v) is 12.7. The number of piperazine rings is 1. The van der Waals surface area contributed by atoms with Crippen molar-refractivity contribution in [2.24, 2.45) is 0 Å². The van der Waals surface area contributed by atoms with Crippen molar-refractivity contribution in [1.29, 1.82) is 0 Å². The summed E-state index contributed by atoms with van der Waals surface area (Å²) in [7, 11) is 0. The van der Waals surface area contributed by atoms with Crippen LogP contribution in [0.1, 0.15) is 6.92 Å². The Kier molecular flexibility index (Phi) is 4.65. The van der Waals surface area contributed by atoms with Gasteiger partial charge in [0.15, 0.2) is 0 Å². The summed E-state index contributed by atoms with van der Waals surface area (Å²) in [5.41, 5.74) is -3.60. The second-order valence-electron chi connectivity index (χ2n) is 5.48. The lowest BCUT2D eigenvalue weighted by Crippen LogP contribution is -2.60. The maximum absolute atomic E-state index is 12.7. The van der Waals surface area contributed by atoms with E-state index < -0.39 is 22.6 Å². The summed E-state index contributed by atoms with van der Waals surface area (Å²) < 4.78 is 38.2. The molecule has 0 saturated carbocycles. The van der Waals surface area contributed by atoms with E-state index in [1.807, 2.05) is 0 Å². The Balaban J connectivity index is 2.05. The minimum atomic E-state index is -5.07. The van der Waals surface area contributed by atoms with Gasteiger partial charge in [0, 0.05) is 38.4 Å². The standard InChI is InChI=1S/C13H15F3N4O4/c1-12(22,13(14,15)16)11(21)19-6-4-18(5-7-19)10-8-9(20(23)24)2-3-17-10/h2-3,8,22H,4-7H2,1H3/t12-/m1/s1. The molecule has 1 aromatic rings. The molecule has 2 heterocycles. The van der Waals surface area contributed by atoms with Gasteiger partial charge < -0.3 is 14.9 Å². The summed E-state index contributed by atoms with van der Waals surface area (Å²) in [5, 5.41) is 20.2. The van der Waals surface area contributed by atoms with E-state index in [0.29, 0.717) is 12.7 Å². The normalized spacial score (nSPS) is 18.2. The first-order valence-electron chi connectivity index (χ1n) is 6.98. The van der Waals surface area contributed by atoms with Crippen molar-refractivity contribution >= 4 is 17.4 Å². The molecule has 1 fully saturated rings. The maximum atomic E-state index is 12.7. The highest BCUT2D eigenvalue weighted by molar-refractivity contribution is 5.85. The molecule has 0 aromatic carbocycles. The molecule has 0 spiro atoms. The number of nitro groups is 1. The van der Waals surface area contributed by atoms with Gasteiger partial charge in [0.2, 0.25) is 5.60 Å². The molecule has 0 radical (unpaired) electrons. The largest absolute Gasteiger partial charge is 0.426 e. The van der Waals surface area contributed by atoms with Crippen LogP contribution in [0, 0.1) is 10.1 Å². The molecule has 1 atom stereocenters. The Morgan fingerprint density at radius 3 is 2.42 bits per heavy atom. The van der Waals surface area contributed by atoms with Gasteiger partial charge in [-0.1, -0.05) is 0 Å². The van der Waals surface area contributed by atoms with E-state index in [1.54, 1.807) is 4.90 Å². The van der Waals surface area contributed by atoms with Crippen molar-refractivity contribution in [3.63, 3.8) is 0 Å². The number of nitrogens with zero attached hydrogens (tertiary/aromatic N) is 4. The minimum Gasteiger partial charge on any atom is -0.373 e. The first kappa shape index (κ1) is 17.9. The lowest BCUT2D eigenvalue weighted by atomic mass is 10.0. The number of aliphatic hydroxyl groups is 1. The monoisotopic (exact) mass is 348 g/mol. The molecule has 8 nitrogen and oxygen atoms in total. The molecular weight excluding hydrogens is 333 g/mol. The summed E-state index contributed by atoms with van der Waals surface area (Å²) in [6, 6.07) is 2.48. The highest BCUT2D eigenvalue weighted by atomic mass is 19.4. The van der Waals surface area contributed by atoms with Gasteiger partial charge in [-0.05, 0) is 6.92 Å². The third-order valence-electron chi connectivity index (χ3n) is 3.80. The lowest BCUT2D eigenvalue weighted by molar-refractivity contribution is -0.384. The van der Waals surface area contributed by atoms with Crippen LogP contribution >= 0.6 is 0 Å². The third kappa shape index (κ3) is 3.40. The van der Waals surface area contributed by atoms with Crippen molar-refractivity contribution in [3.8, 4) is 0 Å². The number of pyridine rings is 1. The zero-order chi connectivity index (χ0) is 18.1. The number of hydrogen-bond acceptors (Lipinski definition) is 6. The Labute approximate surface area is 134 Å². The molecule has 1 aromatic heterocycles. The number of anilines is 1. The number of rotatable bonds is 3. The van der Waals surface area contributed by atoms with Crippen LogP contribution in [0.2, 0.25) is 0 Å². The first-order valence-corrected chi connectivity index (χ1v) is 6.98. The van der Waals surface area contributed by atoms with Crippen LogP contribution in [-0.2, 0) is 4.79 Å². The van der Waals surface area contributed by atoms with Crippen LogP contribution in [0.5, 0.6) is 0 Å². The smallest absolute Gasteiger partial charge is 0.373 e. The molecule has 2 rings (SSSR count). The number of carbonyl (C=O) groups excluding carboxylic acids is 1. The molecule has 0 unspecified atom stereocenters. The molecule has 132 valence electrons. The maximum Gasteiger partial charge on any atom is 0.426 e. The van der Waals surface area contributed by atoms with Crippen LogP contribution in [0.25, 0.3) is 0 Å². The highest BCUT2D eigenvalue weighted by Crippen LogP contribution is 2.32. The van der Waals surface area contributed by atoms with E-state index in [2.05, 4.69) is 4.98 Å². The van der Waals surface area contributed by atoms with E-state index in [4.69, 9.17) is 0 Å². The van der Waals surface area contributed by atoms with Crippen molar-refractivity contribution in [2.75, 3.05) is 31.1 Å². The number of carbonyl (C=O) groups is 1. The predicted molar refractivity (Wildman–Crippen MR) is 76.4 cm³/mol. The van der Waals surface area contributed by atoms with Crippen LogP contribution in [-0.4, -0.2) is 63.8 Å². The number of alkyl halides is 3. The quantitative estimate of drug-likeness (QED) is 0.645. The summed E-state index contributed by atoms with van der Waals surface area (Å²) in [6.45, 7) is 0.594. The van der Waals surface area contributed by atoms with Gasteiger partial charge in [-0.25, -0.2) is 4.98 Å². The van der Waals surface area contributed by atoms with E-state index in [1.165, 1.54) is 18.3 Å². The van der Waals surface area contributed by atoms with Gasteiger partial charge in [-0.2, -0.15) is 13.2 Å². The van der Waals surface area contributed by atoms with Crippen LogP contribution in [0.15, 0.2) is 18.3 Å². The van der Waals surface area contributed by atoms with Gasteiger partial charge in [-0.3, -0.25) is 14.9 Å². The molecule has 0 aliphatic carbocycles. The molecule has 11 heteroatoms. The van der Waals surface area contributed by atoms with Gasteiger partial charge in [0.05, 0.1) is 11.0 Å². The van der Waals surface area contributed by atoms with Gasteiger partial charge >= 0.3 is 6.18 Å². The molecule has 1 aliphatic rings. The zero-order valence-electron chi connectivity index (χ0n) is 12.7. The van der Waals surface area contributed by atoms with Gasteiger partial charge in [0.1, 0.15) is 5.82 Å². The van der Waals surface area contributed by atoms with Crippen molar-refractivity contribution in [3.05, 3.63) is 28.4 Å². The number of halogens is 3. The SMILES string of the molecule is C[C@@](O)(C(=O)N1CCN(c2cc([N+](=O)[O-])ccn2)CC1)C(F)(F)F. The molecule has 1 aliphatic heterocycles. The fraction of sp³-hybridized carbons (Fsp3) is 0.538. The second-order valence-corrected chi connectivity index (χ2v) is 5.48. The average Bonchev–Trinajstić information content (AvgIpc) is 2.53. The summed E-state index contributed by atoms with van der Waals surface area (Å²) in [5.74, 6) is -1.11. The summed E-state index contributed by atoms with van der Waals surface area (Å²) >= 11 is 0. The first-order chi connectivity index (χ1) is 11.0. The van der Waals surface area contributed by atoms with Crippen molar-refractivity contribution < 1.29 is 28.0 Å². The minimum absolute atomic E-state index is 0.0601. The van der Waals surface area contributed by atoms with E-state index in [-0.39, 0.29) is 31.9 Å². The van der Waals surface area contributed by atoms with Gasteiger partial charge in [-0.15, -0.1) is 0 Å². The predicted octanol–water partition coefficient (Wildman–Crippen LogP) is 0.952. The molecule has 1 saturated heterocycles. The van der Waals surface area contributed by atoms with Crippen molar-refractivity contribution in [1.82, 2.24) is 9.88 Å². The van der Waals surface area contributed by atoms with E-state index >= 15 is 0 Å². The topological polar surface area (TPSA) is 99.8 Å². The summed E-state index contributed by atoms with van der Waals surface area (Å²) in [6.07, 6.45) is -3.80. The third-order valence-corrected chi connectivity index (χ3v) is 3.80. The molecular formula is C13H15F3N4O4. The Morgan fingerprint density at radius 1 is 1.33 bits per heavy atom. The average molecular weight is 348 g/mol. The van der Waals surface area contributed by atoms with Crippen molar-refractivity contribution in [2.45, 2.75) is 18.7 Å². The summed E-state index contributed by atoms with van der Waals surface area (Å²) in [4.78, 5) is 28.6. The number of hydrogen-bond donors (Lipinski definition) is 1. The molecule has 1 N–H and O–H groups in total. The highest BCUT2D eigenvalue weighted by Gasteiger charge is 2.57. The Hall–Kier alpha value is -2.43. The van der Waals surface area contributed by atoms with E-state index in [0.717, 1.165) is 4.90 Å². The van der Waals surface area contributed by atoms with Crippen LogP contribution in [0.4, 0.5) is 24.7 Å².